The number of carboxylic acid groups (broad SMARTS) is 3. The van der Waals surface area contributed by atoms with Crippen molar-refractivity contribution in [1.82, 2.24) is 0 Å². The third-order valence-electron chi connectivity index (χ3n) is 0.694. The summed E-state index contributed by atoms with van der Waals surface area (Å²) in [5, 5.41) is 28.5. The first-order valence-electron chi connectivity index (χ1n) is 3.68. The van der Waals surface area contributed by atoms with Gasteiger partial charge in [0.2, 0.25) is 11.4 Å². The van der Waals surface area contributed by atoms with Crippen molar-refractivity contribution >= 4 is 122 Å². The van der Waals surface area contributed by atoms with Crippen molar-refractivity contribution in [1.29, 1.82) is 0 Å². The van der Waals surface area contributed by atoms with Crippen LogP contribution in [0.5, 0.6) is 0 Å². The summed E-state index contributed by atoms with van der Waals surface area (Å²) in [5.41, 5.74) is 0. The standard InChI is InChI=1S/3C2HCl3O2.Gd/c3*3-2(4,5)1(6)7;/h3*(H,6,7);/q;;;+3/p-3. The topological polar surface area (TPSA) is 120 Å². The summed E-state index contributed by atoms with van der Waals surface area (Å²) in [7, 11) is 0. The predicted octanol–water partition coefficient (Wildman–Crippen LogP) is 0.319. The maximum Gasteiger partial charge on any atom is 3.00 e. The van der Waals surface area contributed by atoms with Gasteiger partial charge in [-0.15, -0.1) is 0 Å². The van der Waals surface area contributed by atoms with Crippen LogP contribution in [-0.2, 0) is 14.4 Å². The maximum absolute atomic E-state index is 9.51. The molecule has 22 heavy (non-hydrogen) atoms. The van der Waals surface area contributed by atoms with Crippen LogP contribution >= 0.6 is 104 Å². The molecule has 0 aromatic carbocycles. The van der Waals surface area contributed by atoms with Gasteiger partial charge >= 0.3 is 39.9 Å². The Balaban J connectivity index is -0.000000108. The number of halogens is 9. The quantitative estimate of drug-likeness (QED) is 0.351. The first kappa shape index (κ1) is 32.1. The summed E-state index contributed by atoms with van der Waals surface area (Å²) in [6, 6.07) is 0. The van der Waals surface area contributed by atoms with Gasteiger partial charge in [0.15, 0.2) is 0 Å². The number of aliphatic carboxylic acids is 3. The second kappa shape index (κ2) is 13.5. The van der Waals surface area contributed by atoms with E-state index in [1.165, 1.54) is 0 Å². The Hall–Kier alpha value is 2.34. The van der Waals surface area contributed by atoms with E-state index in [0.29, 0.717) is 0 Å². The summed E-state index contributed by atoms with van der Waals surface area (Å²) in [6.07, 6.45) is 0. The van der Waals surface area contributed by atoms with E-state index in [0.717, 1.165) is 0 Å². The van der Waals surface area contributed by atoms with E-state index in [1.807, 2.05) is 0 Å². The monoisotopic (exact) mass is 641 g/mol. The van der Waals surface area contributed by atoms with Crippen molar-refractivity contribution < 1.29 is 69.6 Å². The van der Waals surface area contributed by atoms with Gasteiger partial charge in [-0.05, 0) is 0 Å². The zero-order valence-electron chi connectivity index (χ0n) is 9.20. The molecule has 6 nitrogen and oxygen atoms in total. The van der Waals surface area contributed by atoms with Gasteiger partial charge in [0.05, 0.1) is 17.9 Å². The van der Waals surface area contributed by atoms with Gasteiger partial charge in [-0.25, -0.2) is 0 Å². The Morgan fingerprint density at radius 2 is 0.545 bits per heavy atom. The van der Waals surface area contributed by atoms with Gasteiger partial charge < -0.3 is 29.7 Å². The summed E-state index contributed by atoms with van der Waals surface area (Å²) >= 11 is 42.6. The minimum absolute atomic E-state index is 0. The molecule has 0 heterocycles. The molecule has 0 N–H and O–H groups in total. The van der Waals surface area contributed by atoms with Crippen molar-refractivity contribution in [3.8, 4) is 0 Å². The van der Waals surface area contributed by atoms with Gasteiger partial charge in [-0.1, -0.05) is 104 Å². The van der Waals surface area contributed by atoms with Crippen LogP contribution in [0.3, 0.4) is 0 Å². The Kier molecular flexibility index (Phi) is 19.7. The number of hydrogen-bond acceptors (Lipinski definition) is 6. The minimum atomic E-state index is -2.28. The molecule has 0 aromatic rings. The molecule has 0 aliphatic rings. The number of rotatable bonds is 0. The van der Waals surface area contributed by atoms with Gasteiger partial charge in [0.25, 0.3) is 0 Å². The van der Waals surface area contributed by atoms with Crippen molar-refractivity contribution in [3.05, 3.63) is 0 Å². The van der Waals surface area contributed by atoms with Crippen molar-refractivity contribution in [2.75, 3.05) is 0 Å². The number of alkyl halides is 9. The van der Waals surface area contributed by atoms with Crippen LogP contribution in [0, 0.1) is 39.9 Å². The number of carbonyl (C=O) groups excluding carboxylic acids is 3. The third kappa shape index (κ3) is 24.6. The van der Waals surface area contributed by atoms with Gasteiger partial charge in [0.1, 0.15) is 0 Å². The summed E-state index contributed by atoms with van der Waals surface area (Å²) in [4.78, 5) is 28.5. The minimum Gasteiger partial charge on any atom is -0.545 e. The van der Waals surface area contributed by atoms with E-state index in [1.54, 1.807) is 0 Å². The van der Waals surface area contributed by atoms with E-state index >= 15 is 0 Å². The van der Waals surface area contributed by atoms with Gasteiger partial charge in [0, 0.05) is 0 Å². The van der Waals surface area contributed by atoms with Crippen LogP contribution < -0.4 is 15.3 Å². The number of carbonyl (C=O) groups is 3. The first-order chi connectivity index (χ1) is 8.83. The average molecular weight is 644 g/mol. The van der Waals surface area contributed by atoms with Crippen LogP contribution in [0.1, 0.15) is 0 Å². The molecule has 0 aromatic heterocycles. The molecule has 16 heteroatoms. The molecule has 0 saturated heterocycles. The molecule has 0 aliphatic carbocycles. The summed E-state index contributed by atoms with van der Waals surface area (Å²) in [5.74, 6) is -5.13. The van der Waals surface area contributed by atoms with Crippen LogP contribution in [0.2, 0.25) is 0 Å². The molecule has 0 bridgehead atoms. The predicted molar refractivity (Wildman–Crippen MR) is 75.9 cm³/mol. The molecular weight excluding hydrogens is 644 g/mol. The van der Waals surface area contributed by atoms with Crippen molar-refractivity contribution in [2.45, 2.75) is 11.4 Å². The number of hydrogen-bond donors (Lipinski definition) is 0. The molecule has 1 radical (unpaired) electrons. The third-order valence-corrected chi connectivity index (χ3v) is 2.08. The smallest absolute Gasteiger partial charge is 0.545 e. The first-order valence-corrected chi connectivity index (χ1v) is 7.08. The number of carboxylic acids is 3. The van der Waals surface area contributed by atoms with Crippen molar-refractivity contribution in [2.24, 2.45) is 0 Å². The molecule has 0 spiro atoms. The van der Waals surface area contributed by atoms with E-state index < -0.39 is 29.3 Å². The molecule has 0 unspecified atom stereocenters. The Labute approximate surface area is 200 Å². The second-order valence-electron chi connectivity index (χ2n) is 2.36. The molecule has 0 amide bonds. The van der Waals surface area contributed by atoms with Gasteiger partial charge in [-0.2, -0.15) is 0 Å². The van der Waals surface area contributed by atoms with E-state index in [9.17, 15) is 29.7 Å². The van der Waals surface area contributed by atoms with E-state index in [2.05, 4.69) is 0 Å². The fourth-order valence-corrected chi connectivity index (χ4v) is 0. The molecule has 0 aliphatic heterocycles. The molecule has 0 fully saturated rings. The zero-order valence-corrected chi connectivity index (χ0v) is 18.3. The fraction of sp³-hybridized carbons (Fsp3) is 0.500. The Morgan fingerprint density at radius 1 is 0.500 bits per heavy atom. The van der Waals surface area contributed by atoms with E-state index in [-0.39, 0.29) is 39.9 Å². The largest absolute Gasteiger partial charge is 3.00 e. The zero-order chi connectivity index (χ0) is 18.2. The molecule has 0 saturated carbocycles. The van der Waals surface area contributed by atoms with Crippen LogP contribution in [0.4, 0.5) is 0 Å². The average Bonchev–Trinajstić information content (AvgIpc) is 2.14. The summed E-state index contributed by atoms with van der Waals surface area (Å²) in [6.45, 7) is 0. The SMILES string of the molecule is O=C([O-])C(Cl)(Cl)Cl.O=C([O-])C(Cl)(Cl)Cl.O=C([O-])C(Cl)(Cl)Cl.[Gd+3]. The van der Waals surface area contributed by atoms with Crippen LogP contribution in [0.25, 0.3) is 0 Å². The fourth-order valence-electron chi connectivity index (χ4n) is 0. The summed E-state index contributed by atoms with van der Waals surface area (Å²) < 4.78 is -6.83. The van der Waals surface area contributed by atoms with Crippen LogP contribution in [0.15, 0.2) is 0 Å². The Bertz CT molecular complexity index is 313. The van der Waals surface area contributed by atoms with Crippen molar-refractivity contribution in [3.63, 3.8) is 0 Å². The molecular formula is C6Cl9GdO6. The van der Waals surface area contributed by atoms with Gasteiger partial charge in [-0.3, -0.25) is 0 Å². The normalized spacial score (nSPS) is 10.8. The molecule has 131 valence electrons. The second-order valence-corrected chi connectivity index (χ2v) is 9.20. The van der Waals surface area contributed by atoms with E-state index in [4.69, 9.17) is 104 Å². The molecule has 0 atom stereocenters. The Morgan fingerprint density at radius 3 is 0.545 bits per heavy atom. The molecule has 0 rings (SSSR count). The maximum atomic E-state index is 9.51. The van der Waals surface area contributed by atoms with Crippen LogP contribution in [-0.4, -0.2) is 29.3 Å².